The summed E-state index contributed by atoms with van der Waals surface area (Å²) in [5.74, 6) is 0.970. The molecule has 0 radical (unpaired) electrons. The summed E-state index contributed by atoms with van der Waals surface area (Å²) >= 11 is 0. The molecule has 1 unspecified atom stereocenters. The van der Waals surface area contributed by atoms with Gasteiger partial charge in [0.15, 0.2) is 0 Å². The molecule has 0 aromatic rings. The Labute approximate surface area is 100 Å². The van der Waals surface area contributed by atoms with Crippen molar-refractivity contribution in [3.8, 4) is 0 Å². The van der Waals surface area contributed by atoms with Gasteiger partial charge in [-0.25, -0.2) is 0 Å². The van der Waals surface area contributed by atoms with Crippen LogP contribution < -0.4 is 10.6 Å². The highest BCUT2D eigenvalue weighted by molar-refractivity contribution is 5.75. The largest absolute Gasteiger partial charge is 0.359 e. The highest BCUT2D eigenvalue weighted by Crippen LogP contribution is 2.15. The molecule has 0 aromatic heterocycles. The third-order valence-electron chi connectivity index (χ3n) is 3.08. The van der Waals surface area contributed by atoms with E-state index in [1.165, 1.54) is 32.1 Å². The Hall–Kier alpha value is -0.570. The molecule has 0 saturated heterocycles. The minimum atomic E-state index is 0.116. The molecule has 0 heterocycles. The zero-order valence-corrected chi connectivity index (χ0v) is 11.1. The number of nitrogens with one attached hydrogen (secondary N) is 2. The first kappa shape index (κ1) is 15.4. The smallest absolute Gasteiger partial charge is 0.221 e. The van der Waals surface area contributed by atoms with Gasteiger partial charge in [0.1, 0.15) is 0 Å². The molecule has 16 heavy (non-hydrogen) atoms. The number of carbonyl (C=O) groups is 1. The summed E-state index contributed by atoms with van der Waals surface area (Å²) in [6.07, 6.45) is 7.09. The van der Waals surface area contributed by atoms with Crippen molar-refractivity contribution in [3.63, 3.8) is 0 Å². The van der Waals surface area contributed by atoms with E-state index in [2.05, 4.69) is 24.5 Å². The van der Waals surface area contributed by atoms with Gasteiger partial charge >= 0.3 is 0 Å². The number of hydrogen-bond acceptors (Lipinski definition) is 2. The molecule has 0 aliphatic carbocycles. The van der Waals surface area contributed by atoms with Crippen molar-refractivity contribution in [1.82, 2.24) is 10.6 Å². The Morgan fingerprint density at radius 2 is 1.94 bits per heavy atom. The summed E-state index contributed by atoms with van der Waals surface area (Å²) in [4.78, 5) is 11.0. The van der Waals surface area contributed by atoms with Gasteiger partial charge in [-0.1, -0.05) is 39.5 Å². The number of rotatable bonds is 10. The molecule has 0 aliphatic rings. The Bertz CT molecular complexity index is 171. The molecule has 3 nitrogen and oxygen atoms in total. The molecular weight excluding hydrogens is 200 g/mol. The molecule has 0 fully saturated rings. The third-order valence-corrected chi connectivity index (χ3v) is 3.08. The summed E-state index contributed by atoms with van der Waals surface area (Å²) in [6.45, 7) is 6.35. The Morgan fingerprint density at radius 1 is 1.19 bits per heavy atom. The van der Waals surface area contributed by atoms with Gasteiger partial charge < -0.3 is 10.6 Å². The second-order valence-corrected chi connectivity index (χ2v) is 4.38. The van der Waals surface area contributed by atoms with Crippen molar-refractivity contribution >= 4 is 5.91 Å². The van der Waals surface area contributed by atoms with Gasteiger partial charge in [0.25, 0.3) is 0 Å². The van der Waals surface area contributed by atoms with Crippen LogP contribution in [0.3, 0.4) is 0 Å². The van der Waals surface area contributed by atoms with E-state index in [1.54, 1.807) is 7.05 Å². The number of unbranched alkanes of at least 4 members (excludes halogenated alkanes) is 1. The van der Waals surface area contributed by atoms with Crippen molar-refractivity contribution in [1.29, 1.82) is 0 Å². The van der Waals surface area contributed by atoms with Gasteiger partial charge in [0, 0.05) is 20.0 Å². The molecule has 0 spiro atoms. The molecule has 0 saturated carbocycles. The van der Waals surface area contributed by atoms with Crippen molar-refractivity contribution in [2.24, 2.45) is 5.92 Å². The van der Waals surface area contributed by atoms with Crippen LogP contribution in [-0.4, -0.2) is 26.0 Å². The predicted molar refractivity (Wildman–Crippen MR) is 69.5 cm³/mol. The summed E-state index contributed by atoms with van der Waals surface area (Å²) in [5, 5.41) is 5.96. The SMILES string of the molecule is CCCCC(CC)CCNCCC(=O)NC. The van der Waals surface area contributed by atoms with E-state index in [1.807, 2.05) is 0 Å². The van der Waals surface area contributed by atoms with Crippen molar-refractivity contribution in [3.05, 3.63) is 0 Å². The summed E-state index contributed by atoms with van der Waals surface area (Å²) in [6, 6.07) is 0. The van der Waals surface area contributed by atoms with E-state index < -0.39 is 0 Å². The van der Waals surface area contributed by atoms with Crippen LogP contribution in [-0.2, 0) is 4.79 Å². The molecule has 0 bridgehead atoms. The summed E-state index contributed by atoms with van der Waals surface area (Å²) in [7, 11) is 1.68. The maximum atomic E-state index is 11.0. The van der Waals surface area contributed by atoms with Crippen LogP contribution in [0.4, 0.5) is 0 Å². The first-order valence-electron chi connectivity index (χ1n) is 6.65. The summed E-state index contributed by atoms with van der Waals surface area (Å²) in [5.41, 5.74) is 0. The predicted octanol–water partition coefficient (Wildman–Crippen LogP) is 2.32. The lowest BCUT2D eigenvalue weighted by Crippen LogP contribution is -2.26. The zero-order chi connectivity index (χ0) is 12.2. The fourth-order valence-electron chi connectivity index (χ4n) is 1.80. The fraction of sp³-hybridized carbons (Fsp3) is 0.923. The van der Waals surface area contributed by atoms with E-state index in [0.717, 1.165) is 19.0 Å². The minimum absolute atomic E-state index is 0.116. The lowest BCUT2D eigenvalue weighted by molar-refractivity contribution is -0.120. The molecule has 0 rings (SSSR count). The number of amides is 1. The van der Waals surface area contributed by atoms with Gasteiger partial charge in [-0.3, -0.25) is 4.79 Å². The second kappa shape index (κ2) is 10.9. The van der Waals surface area contributed by atoms with Crippen LogP contribution in [0.15, 0.2) is 0 Å². The van der Waals surface area contributed by atoms with E-state index in [4.69, 9.17) is 0 Å². The van der Waals surface area contributed by atoms with E-state index in [-0.39, 0.29) is 5.91 Å². The highest BCUT2D eigenvalue weighted by atomic mass is 16.1. The Kier molecular flexibility index (Phi) is 10.5. The fourth-order valence-corrected chi connectivity index (χ4v) is 1.80. The van der Waals surface area contributed by atoms with Gasteiger partial charge in [-0.15, -0.1) is 0 Å². The van der Waals surface area contributed by atoms with Gasteiger partial charge in [0.2, 0.25) is 5.91 Å². The summed E-state index contributed by atoms with van der Waals surface area (Å²) < 4.78 is 0. The van der Waals surface area contributed by atoms with Crippen LogP contribution in [0.5, 0.6) is 0 Å². The van der Waals surface area contributed by atoms with Crippen LogP contribution in [0.25, 0.3) is 0 Å². The lowest BCUT2D eigenvalue weighted by atomic mass is 9.96. The number of hydrogen-bond donors (Lipinski definition) is 2. The van der Waals surface area contributed by atoms with Crippen LogP contribution in [0.2, 0.25) is 0 Å². The molecule has 3 heteroatoms. The number of carbonyl (C=O) groups excluding carboxylic acids is 1. The molecule has 1 amide bonds. The monoisotopic (exact) mass is 228 g/mol. The maximum absolute atomic E-state index is 11.0. The van der Waals surface area contributed by atoms with Crippen molar-refractivity contribution in [2.45, 2.75) is 52.4 Å². The topological polar surface area (TPSA) is 41.1 Å². The van der Waals surface area contributed by atoms with Gasteiger partial charge in [-0.2, -0.15) is 0 Å². The molecule has 1 atom stereocenters. The molecule has 2 N–H and O–H groups in total. The average molecular weight is 228 g/mol. The van der Waals surface area contributed by atoms with Crippen molar-refractivity contribution < 1.29 is 4.79 Å². The molecule has 0 aromatic carbocycles. The third kappa shape index (κ3) is 8.72. The second-order valence-electron chi connectivity index (χ2n) is 4.38. The van der Waals surface area contributed by atoms with Gasteiger partial charge in [0.05, 0.1) is 0 Å². The average Bonchev–Trinajstić information content (AvgIpc) is 2.32. The van der Waals surface area contributed by atoms with Crippen molar-refractivity contribution in [2.75, 3.05) is 20.1 Å². The van der Waals surface area contributed by atoms with E-state index >= 15 is 0 Å². The highest BCUT2D eigenvalue weighted by Gasteiger charge is 2.05. The zero-order valence-electron chi connectivity index (χ0n) is 11.1. The molecule has 96 valence electrons. The van der Waals surface area contributed by atoms with E-state index in [9.17, 15) is 4.79 Å². The minimum Gasteiger partial charge on any atom is -0.359 e. The van der Waals surface area contributed by atoms with Crippen LogP contribution >= 0.6 is 0 Å². The Morgan fingerprint density at radius 3 is 2.50 bits per heavy atom. The van der Waals surface area contributed by atoms with Crippen LogP contribution in [0.1, 0.15) is 52.4 Å². The standard InChI is InChI=1S/C13H28N2O/c1-4-6-7-12(5-2)8-10-15-11-9-13(16)14-3/h12,15H,4-11H2,1-3H3,(H,14,16). The Balaban J connectivity index is 3.37. The van der Waals surface area contributed by atoms with Crippen LogP contribution in [0, 0.1) is 5.92 Å². The quantitative estimate of drug-likeness (QED) is 0.563. The molecular formula is C13H28N2O. The maximum Gasteiger partial charge on any atom is 0.221 e. The normalized spacial score (nSPS) is 12.4. The lowest BCUT2D eigenvalue weighted by Gasteiger charge is -2.14. The van der Waals surface area contributed by atoms with Gasteiger partial charge in [-0.05, 0) is 18.9 Å². The van der Waals surface area contributed by atoms with E-state index in [0.29, 0.717) is 6.42 Å². The first-order valence-corrected chi connectivity index (χ1v) is 6.65. The molecule has 0 aliphatic heterocycles. The first-order chi connectivity index (χ1) is 7.74.